The van der Waals surface area contributed by atoms with Gasteiger partial charge in [-0.2, -0.15) is 0 Å². The summed E-state index contributed by atoms with van der Waals surface area (Å²) in [6.45, 7) is 2.00. The average Bonchev–Trinajstić information content (AvgIpc) is 2.94. The maximum atomic E-state index is 12.0. The maximum Gasteiger partial charge on any atom is 0.269 e. The molecule has 1 unspecified atom stereocenters. The van der Waals surface area contributed by atoms with E-state index in [2.05, 4.69) is 10.3 Å². The summed E-state index contributed by atoms with van der Waals surface area (Å²) in [6.07, 6.45) is 2.39. The number of hydrogen-bond acceptors (Lipinski definition) is 5. The standard InChI is InChI=1S/C13H19N3O3/c1-18-13(4-5-19-9-13)8-16-12(17)11-3-2-10(6-14)7-15-11/h2-3,7H,4-6,8-9,14H2,1H3,(H,16,17). The van der Waals surface area contributed by atoms with E-state index >= 15 is 0 Å². The Kier molecular flexibility index (Phi) is 4.47. The Bertz CT molecular complexity index is 427. The minimum atomic E-state index is -0.410. The number of hydrogen-bond donors (Lipinski definition) is 2. The number of nitrogens with one attached hydrogen (secondary N) is 1. The average molecular weight is 265 g/mol. The van der Waals surface area contributed by atoms with E-state index in [-0.39, 0.29) is 5.91 Å². The zero-order chi connectivity index (χ0) is 13.7. The van der Waals surface area contributed by atoms with E-state index in [9.17, 15) is 4.79 Å². The van der Waals surface area contributed by atoms with Gasteiger partial charge in [0.2, 0.25) is 0 Å². The van der Waals surface area contributed by atoms with E-state index < -0.39 is 5.60 Å². The molecule has 104 valence electrons. The molecule has 2 rings (SSSR count). The lowest BCUT2D eigenvalue weighted by Gasteiger charge is -2.25. The van der Waals surface area contributed by atoms with Crippen LogP contribution in [0, 0.1) is 0 Å². The summed E-state index contributed by atoms with van der Waals surface area (Å²) >= 11 is 0. The van der Waals surface area contributed by atoms with Gasteiger partial charge in [-0.15, -0.1) is 0 Å². The summed E-state index contributed by atoms with van der Waals surface area (Å²) in [5, 5.41) is 2.83. The second-order valence-corrected chi connectivity index (χ2v) is 4.63. The molecule has 2 heterocycles. The first-order chi connectivity index (χ1) is 9.19. The fourth-order valence-electron chi connectivity index (χ4n) is 1.97. The molecule has 1 atom stereocenters. The molecule has 1 amide bonds. The van der Waals surface area contributed by atoms with Crippen LogP contribution in [0.4, 0.5) is 0 Å². The van der Waals surface area contributed by atoms with Gasteiger partial charge in [-0.05, 0) is 11.6 Å². The van der Waals surface area contributed by atoms with Crippen LogP contribution in [0.5, 0.6) is 0 Å². The van der Waals surface area contributed by atoms with Gasteiger partial charge in [-0.1, -0.05) is 6.07 Å². The molecule has 1 saturated heterocycles. The number of ether oxygens (including phenoxy) is 2. The lowest BCUT2D eigenvalue weighted by molar-refractivity contribution is -0.0149. The van der Waals surface area contributed by atoms with E-state index in [4.69, 9.17) is 15.2 Å². The Morgan fingerprint density at radius 2 is 2.47 bits per heavy atom. The molecule has 0 aromatic carbocycles. The van der Waals surface area contributed by atoms with Crippen molar-refractivity contribution in [2.75, 3.05) is 26.9 Å². The number of carbonyl (C=O) groups excluding carboxylic acids is 1. The first-order valence-electron chi connectivity index (χ1n) is 6.25. The van der Waals surface area contributed by atoms with Gasteiger partial charge in [0, 0.05) is 39.4 Å². The van der Waals surface area contributed by atoms with Crippen LogP contribution in [-0.4, -0.2) is 43.4 Å². The van der Waals surface area contributed by atoms with Crippen LogP contribution in [0.2, 0.25) is 0 Å². The molecule has 0 spiro atoms. The second-order valence-electron chi connectivity index (χ2n) is 4.63. The van der Waals surface area contributed by atoms with Crippen LogP contribution in [0.25, 0.3) is 0 Å². The van der Waals surface area contributed by atoms with Crippen LogP contribution >= 0.6 is 0 Å². The predicted molar refractivity (Wildman–Crippen MR) is 69.6 cm³/mol. The Hall–Kier alpha value is -1.50. The van der Waals surface area contributed by atoms with Crippen molar-refractivity contribution >= 4 is 5.91 Å². The molecule has 1 aliphatic heterocycles. The van der Waals surface area contributed by atoms with Gasteiger partial charge in [-0.25, -0.2) is 0 Å². The highest BCUT2D eigenvalue weighted by molar-refractivity contribution is 5.92. The van der Waals surface area contributed by atoms with E-state index in [0.717, 1.165) is 12.0 Å². The highest BCUT2D eigenvalue weighted by Gasteiger charge is 2.35. The van der Waals surface area contributed by atoms with Crippen molar-refractivity contribution < 1.29 is 14.3 Å². The molecule has 0 saturated carbocycles. The highest BCUT2D eigenvalue weighted by Crippen LogP contribution is 2.21. The summed E-state index contributed by atoms with van der Waals surface area (Å²) < 4.78 is 10.8. The fraction of sp³-hybridized carbons (Fsp3) is 0.538. The fourth-order valence-corrected chi connectivity index (χ4v) is 1.97. The largest absolute Gasteiger partial charge is 0.378 e. The smallest absolute Gasteiger partial charge is 0.269 e. The molecule has 3 N–H and O–H groups in total. The van der Waals surface area contributed by atoms with Gasteiger partial charge < -0.3 is 20.5 Å². The summed E-state index contributed by atoms with van der Waals surface area (Å²) in [5.41, 5.74) is 6.35. The summed E-state index contributed by atoms with van der Waals surface area (Å²) in [5.74, 6) is -0.216. The quantitative estimate of drug-likeness (QED) is 0.787. The van der Waals surface area contributed by atoms with E-state index in [1.165, 1.54) is 0 Å². The minimum Gasteiger partial charge on any atom is -0.378 e. The first kappa shape index (κ1) is 13.9. The summed E-state index contributed by atoms with van der Waals surface area (Å²) in [7, 11) is 1.63. The van der Waals surface area contributed by atoms with Crippen LogP contribution < -0.4 is 11.1 Å². The van der Waals surface area contributed by atoms with Crippen LogP contribution in [0.15, 0.2) is 18.3 Å². The zero-order valence-corrected chi connectivity index (χ0v) is 11.0. The number of rotatable bonds is 5. The SMILES string of the molecule is COC1(CNC(=O)c2ccc(CN)cn2)CCOC1. The molecule has 1 aromatic heterocycles. The third-order valence-electron chi connectivity index (χ3n) is 3.36. The monoisotopic (exact) mass is 265 g/mol. The highest BCUT2D eigenvalue weighted by atomic mass is 16.5. The predicted octanol–water partition coefficient (Wildman–Crippen LogP) is 0.0756. The third-order valence-corrected chi connectivity index (χ3v) is 3.36. The molecule has 0 aliphatic carbocycles. The van der Waals surface area contributed by atoms with Gasteiger partial charge in [0.05, 0.1) is 6.61 Å². The molecule has 0 bridgehead atoms. The molecule has 1 fully saturated rings. The van der Waals surface area contributed by atoms with E-state index in [0.29, 0.717) is 32.0 Å². The second kappa shape index (κ2) is 6.10. The van der Waals surface area contributed by atoms with Gasteiger partial charge in [0.15, 0.2) is 0 Å². The van der Waals surface area contributed by atoms with Crippen molar-refractivity contribution in [2.45, 2.75) is 18.6 Å². The first-order valence-corrected chi connectivity index (χ1v) is 6.25. The number of amides is 1. The van der Waals surface area contributed by atoms with Gasteiger partial charge in [-0.3, -0.25) is 9.78 Å². The van der Waals surface area contributed by atoms with Crippen molar-refractivity contribution in [1.82, 2.24) is 10.3 Å². The lowest BCUT2D eigenvalue weighted by atomic mass is 10.0. The van der Waals surface area contributed by atoms with Gasteiger partial charge in [0.25, 0.3) is 5.91 Å². The van der Waals surface area contributed by atoms with Crippen molar-refractivity contribution in [3.8, 4) is 0 Å². The normalized spacial score (nSPS) is 22.4. The lowest BCUT2D eigenvalue weighted by Crippen LogP contribution is -2.45. The van der Waals surface area contributed by atoms with Crippen molar-refractivity contribution in [1.29, 1.82) is 0 Å². The van der Waals surface area contributed by atoms with Crippen molar-refractivity contribution in [2.24, 2.45) is 5.73 Å². The van der Waals surface area contributed by atoms with Crippen LogP contribution in [0.1, 0.15) is 22.5 Å². The Balaban J connectivity index is 1.93. The number of methoxy groups -OCH3 is 1. The molecule has 6 heteroatoms. The molecule has 1 aliphatic rings. The van der Waals surface area contributed by atoms with Crippen molar-refractivity contribution in [3.05, 3.63) is 29.6 Å². The summed E-state index contributed by atoms with van der Waals surface area (Å²) in [4.78, 5) is 16.0. The maximum absolute atomic E-state index is 12.0. The topological polar surface area (TPSA) is 86.5 Å². The molecule has 0 radical (unpaired) electrons. The van der Waals surface area contributed by atoms with Gasteiger partial charge in [0.1, 0.15) is 11.3 Å². The van der Waals surface area contributed by atoms with E-state index in [1.807, 2.05) is 0 Å². The summed E-state index contributed by atoms with van der Waals surface area (Å²) in [6, 6.07) is 3.47. The molecule has 6 nitrogen and oxygen atoms in total. The Labute approximate surface area is 112 Å². The Morgan fingerprint density at radius 3 is 3.00 bits per heavy atom. The third kappa shape index (κ3) is 3.28. The number of nitrogens with two attached hydrogens (primary N) is 1. The van der Waals surface area contributed by atoms with Crippen molar-refractivity contribution in [3.63, 3.8) is 0 Å². The number of aromatic nitrogens is 1. The van der Waals surface area contributed by atoms with Gasteiger partial charge >= 0.3 is 0 Å². The number of nitrogens with zero attached hydrogens (tertiary/aromatic N) is 1. The minimum absolute atomic E-state index is 0.216. The molecular weight excluding hydrogens is 246 g/mol. The van der Waals surface area contributed by atoms with E-state index in [1.54, 1.807) is 25.4 Å². The van der Waals surface area contributed by atoms with Crippen LogP contribution in [-0.2, 0) is 16.0 Å². The molecule has 19 heavy (non-hydrogen) atoms. The zero-order valence-electron chi connectivity index (χ0n) is 11.0. The molecular formula is C13H19N3O3. The molecule has 1 aromatic rings. The van der Waals surface area contributed by atoms with Crippen LogP contribution in [0.3, 0.4) is 0 Å². The Morgan fingerprint density at radius 1 is 1.63 bits per heavy atom. The number of pyridine rings is 1. The number of carbonyl (C=O) groups is 1.